The van der Waals surface area contributed by atoms with Crippen LogP contribution < -0.4 is 5.73 Å². The molecule has 0 aromatic rings. The van der Waals surface area contributed by atoms with Crippen LogP contribution in [0, 0.1) is 0 Å². The lowest BCUT2D eigenvalue weighted by molar-refractivity contribution is -0.125. The number of rotatable bonds is 2. The third kappa shape index (κ3) is 3.24. The maximum absolute atomic E-state index is 11.2. The van der Waals surface area contributed by atoms with E-state index in [-0.39, 0.29) is 18.3 Å². The molecule has 0 radical (unpaired) electrons. The summed E-state index contributed by atoms with van der Waals surface area (Å²) in [5, 5.41) is 0. The molecular weight excluding hydrogens is 176 g/mol. The summed E-state index contributed by atoms with van der Waals surface area (Å²) in [5.41, 5.74) is 5.22. The molecule has 1 saturated heterocycles. The molecule has 1 rings (SSSR count). The summed E-state index contributed by atoms with van der Waals surface area (Å²) < 4.78 is 0. The maximum Gasteiger partial charge on any atom is 0.246 e. The lowest BCUT2D eigenvalue weighted by Crippen LogP contribution is -2.25. The molecule has 0 atom stereocenters. The number of nitrogens with zero attached hydrogens (tertiary/aromatic N) is 1. The summed E-state index contributed by atoms with van der Waals surface area (Å²) in [7, 11) is 0. The molecule has 0 aromatic carbocycles. The van der Waals surface area contributed by atoms with Crippen LogP contribution in [0.2, 0.25) is 0 Å². The van der Waals surface area contributed by atoms with Crippen molar-refractivity contribution in [3.05, 3.63) is 12.2 Å². The van der Waals surface area contributed by atoms with E-state index in [1.807, 2.05) is 4.90 Å². The normalized spacial score (nSPS) is 16.6. The van der Waals surface area contributed by atoms with Crippen LogP contribution in [0.5, 0.6) is 0 Å². The van der Waals surface area contributed by atoms with Crippen molar-refractivity contribution in [1.82, 2.24) is 4.90 Å². The number of hydrogen-bond donors (Lipinski definition) is 1. The van der Waals surface area contributed by atoms with Gasteiger partial charge in [-0.3, -0.25) is 4.79 Å². The van der Waals surface area contributed by atoms with E-state index in [4.69, 9.17) is 5.73 Å². The van der Waals surface area contributed by atoms with Crippen molar-refractivity contribution in [3.63, 3.8) is 0 Å². The lowest BCUT2D eigenvalue weighted by atomic mass is 10.4. The molecule has 1 aliphatic rings. The number of carbonyl (C=O) groups is 1. The van der Waals surface area contributed by atoms with E-state index >= 15 is 0 Å². The Morgan fingerprint density at radius 2 is 2.00 bits per heavy atom. The zero-order chi connectivity index (χ0) is 8.10. The highest BCUT2D eigenvalue weighted by atomic mass is 35.5. The van der Waals surface area contributed by atoms with E-state index in [1.165, 1.54) is 0 Å². The van der Waals surface area contributed by atoms with Crippen LogP contribution in [-0.4, -0.2) is 30.4 Å². The van der Waals surface area contributed by atoms with E-state index in [0.717, 1.165) is 25.9 Å². The van der Waals surface area contributed by atoms with Crippen LogP contribution in [-0.2, 0) is 4.79 Å². The molecule has 1 amide bonds. The third-order valence-electron chi connectivity index (χ3n) is 1.81. The summed E-state index contributed by atoms with van der Waals surface area (Å²) in [5.74, 6) is 0.105. The van der Waals surface area contributed by atoms with Crippen molar-refractivity contribution in [2.24, 2.45) is 5.73 Å². The van der Waals surface area contributed by atoms with Gasteiger partial charge in [0.2, 0.25) is 5.91 Å². The number of nitrogens with two attached hydrogens (primary N) is 1. The van der Waals surface area contributed by atoms with Gasteiger partial charge in [-0.1, -0.05) is 6.08 Å². The molecule has 1 aliphatic heterocycles. The molecule has 0 unspecified atom stereocenters. The highest BCUT2D eigenvalue weighted by Gasteiger charge is 2.14. The van der Waals surface area contributed by atoms with Crippen LogP contribution >= 0.6 is 12.4 Å². The van der Waals surface area contributed by atoms with Gasteiger partial charge in [0.1, 0.15) is 0 Å². The third-order valence-corrected chi connectivity index (χ3v) is 1.81. The Balaban J connectivity index is 0.00000121. The van der Waals surface area contributed by atoms with Gasteiger partial charge in [0.05, 0.1) is 0 Å². The van der Waals surface area contributed by atoms with E-state index in [2.05, 4.69) is 0 Å². The Morgan fingerprint density at radius 1 is 1.42 bits per heavy atom. The van der Waals surface area contributed by atoms with Crippen molar-refractivity contribution in [1.29, 1.82) is 0 Å². The van der Waals surface area contributed by atoms with Crippen molar-refractivity contribution in [2.45, 2.75) is 12.8 Å². The highest BCUT2D eigenvalue weighted by molar-refractivity contribution is 5.87. The quantitative estimate of drug-likeness (QED) is 0.647. The van der Waals surface area contributed by atoms with Crippen LogP contribution in [0.15, 0.2) is 12.2 Å². The molecule has 1 fully saturated rings. The van der Waals surface area contributed by atoms with E-state index < -0.39 is 0 Å². The predicted octanol–water partition coefficient (Wildman–Crippen LogP) is 0.545. The van der Waals surface area contributed by atoms with Gasteiger partial charge in [0.25, 0.3) is 0 Å². The molecule has 0 aliphatic carbocycles. The average Bonchev–Trinajstić information content (AvgIpc) is 2.52. The number of hydrogen-bond acceptors (Lipinski definition) is 2. The van der Waals surface area contributed by atoms with Gasteiger partial charge < -0.3 is 10.6 Å². The van der Waals surface area contributed by atoms with E-state index in [0.29, 0.717) is 6.54 Å². The fraction of sp³-hybridized carbons (Fsp3) is 0.625. The van der Waals surface area contributed by atoms with Crippen LogP contribution in [0.1, 0.15) is 12.8 Å². The van der Waals surface area contributed by atoms with E-state index in [9.17, 15) is 4.79 Å². The summed E-state index contributed by atoms with van der Waals surface area (Å²) in [4.78, 5) is 13.0. The molecule has 2 N–H and O–H groups in total. The van der Waals surface area contributed by atoms with Gasteiger partial charge in [0.15, 0.2) is 0 Å². The van der Waals surface area contributed by atoms with Crippen LogP contribution in [0.25, 0.3) is 0 Å². The molecule has 3 nitrogen and oxygen atoms in total. The second kappa shape index (κ2) is 6.03. The molecule has 1 heterocycles. The Bertz CT molecular complexity index is 164. The van der Waals surface area contributed by atoms with Gasteiger partial charge in [-0.15, -0.1) is 12.4 Å². The van der Waals surface area contributed by atoms with E-state index in [1.54, 1.807) is 12.2 Å². The standard InChI is InChI=1S/C8H14N2O.ClH/c9-5-3-4-8(11)10-6-1-2-7-10;/h3-4H,1-2,5-7,9H2;1H/b4-3+;. The zero-order valence-electron chi connectivity index (χ0n) is 7.03. The maximum atomic E-state index is 11.2. The number of likely N-dealkylation sites (tertiary alicyclic amines) is 1. The Morgan fingerprint density at radius 3 is 2.50 bits per heavy atom. The fourth-order valence-electron chi connectivity index (χ4n) is 1.21. The second-order valence-electron chi connectivity index (χ2n) is 2.67. The smallest absolute Gasteiger partial charge is 0.246 e. The molecule has 0 saturated carbocycles. The van der Waals surface area contributed by atoms with Gasteiger partial charge in [0, 0.05) is 25.7 Å². The molecular formula is C8H15ClN2O. The van der Waals surface area contributed by atoms with Crippen molar-refractivity contribution >= 4 is 18.3 Å². The van der Waals surface area contributed by atoms with Crippen molar-refractivity contribution in [3.8, 4) is 0 Å². The highest BCUT2D eigenvalue weighted by Crippen LogP contribution is 2.07. The average molecular weight is 191 g/mol. The second-order valence-corrected chi connectivity index (χ2v) is 2.67. The first-order valence-corrected chi connectivity index (χ1v) is 4.00. The van der Waals surface area contributed by atoms with Crippen molar-refractivity contribution in [2.75, 3.05) is 19.6 Å². The largest absolute Gasteiger partial charge is 0.339 e. The Labute approximate surface area is 79.0 Å². The topological polar surface area (TPSA) is 46.3 Å². The summed E-state index contributed by atoms with van der Waals surface area (Å²) in [6.45, 7) is 2.26. The first-order valence-electron chi connectivity index (χ1n) is 4.00. The number of carbonyl (C=O) groups excluding carboxylic acids is 1. The summed E-state index contributed by atoms with van der Waals surface area (Å²) in [6, 6.07) is 0. The molecule has 12 heavy (non-hydrogen) atoms. The monoisotopic (exact) mass is 190 g/mol. The van der Waals surface area contributed by atoms with Crippen LogP contribution in [0.4, 0.5) is 0 Å². The summed E-state index contributed by atoms with van der Waals surface area (Å²) in [6.07, 6.45) is 5.54. The Kier molecular flexibility index (Phi) is 5.76. The minimum Gasteiger partial charge on any atom is -0.339 e. The first-order chi connectivity index (χ1) is 5.34. The SMILES string of the molecule is Cl.NC/C=C/C(=O)N1CCCC1. The summed E-state index contributed by atoms with van der Waals surface area (Å²) >= 11 is 0. The number of halogens is 1. The molecule has 0 bridgehead atoms. The molecule has 0 aromatic heterocycles. The predicted molar refractivity (Wildman–Crippen MR) is 51.3 cm³/mol. The van der Waals surface area contributed by atoms with Crippen LogP contribution in [0.3, 0.4) is 0 Å². The zero-order valence-corrected chi connectivity index (χ0v) is 7.85. The first kappa shape index (κ1) is 11.5. The lowest BCUT2D eigenvalue weighted by Gasteiger charge is -2.11. The molecule has 70 valence electrons. The number of amides is 1. The molecule has 0 spiro atoms. The minimum atomic E-state index is 0. The minimum absolute atomic E-state index is 0. The van der Waals surface area contributed by atoms with Gasteiger partial charge in [-0.25, -0.2) is 0 Å². The van der Waals surface area contributed by atoms with Crippen molar-refractivity contribution < 1.29 is 4.79 Å². The van der Waals surface area contributed by atoms with Gasteiger partial charge >= 0.3 is 0 Å². The fourth-order valence-corrected chi connectivity index (χ4v) is 1.21. The Hall–Kier alpha value is -0.540. The van der Waals surface area contributed by atoms with Gasteiger partial charge in [-0.05, 0) is 12.8 Å². The molecule has 4 heteroatoms. The van der Waals surface area contributed by atoms with Gasteiger partial charge in [-0.2, -0.15) is 0 Å².